The van der Waals surface area contributed by atoms with Gasteiger partial charge in [-0.15, -0.1) is 42.3 Å². The number of hydrogen-bond acceptors (Lipinski definition) is 3. The smallest absolute Gasteiger partial charge is 0.399 e. The molecular formula is C27H27IrN2O. The Morgan fingerprint density at radius 2 is 1.58 bits per heavy atom. The van der Waals surface area contributed by atoms with E-state index in [1.54, 1.807) is 0 Å². The summed E-state index contributed by atoms with van der Waals surface area (Å²) in [5.74, 6) is 0. The number of rotatable bonds is 7. The number of unbranched alkanes of at least 4 members (excludes halogenated alkanes) is 4. The molecule has 0 aliphatic carbocycles. The van der Waals surface area contributed by atoms with Gasteiger partial charge in [0, 0.05) is 12.0 Å². The molecule has 4 aromatic rings. The number of para-hydroxylation sites is 1. The molecule has 0 radical (unpaired) electrons. The van der Waals surface area contributed by atoms with E-state index in [4.69, 9.17) is 15.1 Å². The van der Waals surface area contributed by atoms with Gasteiger partial charge in [0.05, 0.1) is 16.9 Å². The molecule has 0 spiro atoms. The molecule has 4 rings (SSSR count). The summed E-state index contributed by atoms with van der Waals surface area (Å²) in [4.78, 5) is 9.43. The fraction of sp³-hybridized carbons (Fsp3) is 0.185. The Kier molecular flexibility index (Phi) is 11.1. The Morgan fingerprint density at radius 1 is 0.806 bits per heavy atom. The number of benzene rings is 2. The van der Waals surface area contributed by atoms with E-state index < -0.39 is 0 Å². The maximum absolute atomic E-state index is 8.32. The number of aliphatic hydroxyl groups is 1. The summed E-state index contributed by atoms with van der Waals surface area (Å²) in [5, 5.41) is 9.46. The summed E-state index contributed by atoms with van der Waals surface area (Å²) in [6, 6.07) is 29.3. The van der Waals surface area contributed by atoms with E-state index in [-0.39, 0.29) is 26.7 Å². The van der Waals surface area contributed by atoms with Crippen molar-refractivity contribution in [3.05, 3.63) is 98.3 Å². The molecule has 2 aromatic carbocycles. The van der Waals surface area contributed by atoms with Crippen LogP contribution in [-0.4, -0.2) is 21.7 Å². The third-order valence-electron chi connectivity index (χ3n) is 4.59. The SMILES string of the molecule is [CH2-]CCC[CH-]CCO.[Ir+3].[c-]1ccccc1-c1cccc(-c2ccc3ccccc3n2)n1. The van der Waals surface area contributed by atoms with Gasteiger partial charge in [-0.2, -0.15) is 19.3 Å². The Balaban J connectivity index is 0.000000329. The third kappa shape index (κ3) is 7.66. The van der Waals surface area contributed by atoms with E-state index in [0.717, 1.165) is 59.2 Å². The molecule has 0 aliphatic rings. The van der Waals surface area contributed by atoms with Crippen molar-refractivity contribution in [1.82, 2.24) is 9.97 Å². The molecule has 1 N–H and O–H groups in total. The van der Waals surface area contributed by atoms with Crippen LogP contribution < -0.4 is 0 Å². The summed E-state index contributed by atoms with van der Waals surface area (Å²) in [6.07, 6.45) is 6.19. The van der Waals surface area contributed by atoms with Crippen LogP contribution in [0.1, 0.15) is 25.7 Å². The first-order chi connectivity index (χ1) is 14.8. The molecule has 160 valence electrons. The van der Waals surface area contributed by atoms with E-state index in [1.807, 2.05) is 66.7 Å². The molecule has 0 saturated heterocycles. The molecule has 2 heterocycles. The molecule has 0 atom stereocenters. The van der Waals surface area contributed by atoms with Crippen molar-refractivity contribution in [2.75, 3.05) is 6.61 Å². The quantitative estimate of drug-likeness (QED) is 0.203. The predicted octanol–water partition coefficient (Wildman–Crippen LogP) is 6.34. The van der Waals surface area contributed by atoms with Gasteiger partial charge in [0.2, 0.25) is 0 Å². The summed E-state index contributed by atoms with van der Waals surface area (Å²) >= 11 is 0. The predicted molar refractivity (Wildman–Crippen MR) is 124 cm³/mol. The standard InChI is InChI=1S/C20H13N2.C7H14O.Ir/c1-2-7-15(8-3-1)18-11-6-12-19(21-18)20-14-13-16-9-4-5-10-17(16)22-20;1-2-3-4-5-6-7-8;/h1-7,9-14H;5,8H,1-4,6-7H2;/q-1;-2;+3. The average Bonchev–Trinajstić information content (AvgIpc) is 2.83. The minimum absolute atomic E-state index is 0. The van der Waals surface area contributed by atoms with E-state index in [2.05, 4.69) is 31.5 Å². The van der Waals surface area contributed by atoms with Crippen LogP contribution in [0, 0.1) is 19.4 Å². The summed E-state index contributed by atoms with van der Waals surface area (Å²) in [7, 11) is 0. The second kappa shape index (κ2) is 13.8. The van der Waals surface area contributed by atoms with Crippen LogP contribution in [-0.2, 0) is 20.1 Å². The van der Waals surface area contributed by atoms with Crippen molar-refractivity contribution < 1.29 is 25.2 Å². The maximum atomic E-state index is 8.32. The van der Waals surface area contributed by atoms with Crippen LogP contribution in [0.25, 0.3) is 33.5 Å². The van der Waals surface area contributed by atoms with Crippen LogP contribution in [0.3, 0.4) is 0 Å². The number of nitrogens with zero attached hydrogens (tertiary/aromatic N) is 2. The normalized spacial score (nSPS) is 10.1. The first-order valence-corrected chi connectivity index (χ1v) is 10.3. The van der Waals surface area contributed by atoms with Gasteiger partial charge in [-0.05, 0) is 23.9 Å². The molecule has 31 heavy (non-hydrogen) atoms. The molecule has 0 saturated carbocycles. The zero-order valence-electron chi connectivity index (χ0n) is 17.5. The molecule has 0 bridgehead atoms. The van der Waals surface area contributed by atoms with Gasteiger partial charge in [0.15, 0.2) is 0 Å². The average molecular weight is 588 g/mol. The second-order valence-electron chi connectivity index (χ2n) is 6.87. The largest absolute Gasteiger partial charge is 3.00 e. The van der Waals surface area contributed by atoms with Crippen molar-refractivity contribution in [3.8, 4) is 22.6 Å². The molecule has 2 aromatic heterocycles. The van der Waals surface area contributed by atoms with Crippen LogP contribution in [0.2, 0.25) is 0 Å². The van der Waals surface area contributed by atoms with Gasteiger partial charge in [0.1, 0.15) is 0 Å². The van der Waals surface area contributed by atoms with Crippen LogP contribution in [0.5, 0.6) is 0 Å². The molecule has 0 fully saturated rings. The summed E-state index contributed by atoms with van der Waals surface area (Å²) in [5.41, 5.74) is 4.65. The minimum Gasteiger partial charge on any atom is -0.399 e. The number of aliphatic hydroxyl groups excluding tert-OH is 1. The van der Waals surface area contributed by atoms with Crippen molar-refractivity contribution in [2.24, 2.45) is 0 Å². The molecule has 0 unspecified atom stereocenters. The van der Waals surface area contributed by atoms with Crippen LogP contribution in [0.4, 0.5) is 0 Å². The van der Waals surface area contributed by atoms with E-state index in [9.17, 15) is 0 Å². The Morgan fingerprint density at radius 3 is 2.35 bits per heavy atom. The van der Waals surface area contributed by atoms with Gasteiger partial charge in [-0.1, -0.05) is 36.4 Å². The van der Waals surface area contributed by atoms with Crippen LogP contribution >= 0.6 is 0 Å². The number of hydrogen-bond donors (Lipinski definition) is 1. The summed E-state index contributed by atoms with van der Waals surface area (Å²) in [6.45, 7) is 3.99. The first kappa shape index (κ1) is 24.9. The number of aromatic nitrogens is 2. The van der Waals surface area contributed by atoms with E-state index in [0.29, 0.717) is 0 Å². The number of fused-ring (bicyclic) bond motifs is 1. The van der Waals surface area contributed by atoms with E-state index >= 15 is 0 Å². The van der Waals surface area contributed by atoms with Gasteiger partial charge < -0.3 is 18.5 Å². The zero-order chi connectivity index (χ0) is 21.0. The van der Waals surface area contributed by atoms with Gasteiger partial charge >= 0.3 is 20.1 Å². The van der Waals surface area contributed by atoms with Gasteiger partial charge in [0.25, 0.3) is 0 Å². The monoisotopic (exact) mass is 588 g/mol. The molecule has 3 nitrogen and oxygen atoms in total. The van der Waals surface area contributed by atoms with Gasteiger partial charge in [-0.25, -0.2) is 4.98 Å². The molecular weight excluding hydrogens is 561 g/mol. The molecule has 4 heteroatoms. The third-order valence-corrected chi connectivity index (χ3v) is 4.59. The second-order valence-corrected chi connectivity index (χ2v) is 6.87. The van der Waals surface area contributed by atoms with Gasteiger partial charge in [-0.3, -0.25) is 4.98 Å². The fourth-order valence-electron chi connectivity index (χ4n) is 3.01. The van der Waals surface area contributed by atoms with Crippen molar-refractivity contribution in [2.45, 2.75) is 25.7 Å². The topological polar surface area (TPSA) is 46.0 Å². The Labute approximate surface area is 198 Å². The first-order valence-electron chi connectivity index (χ1n) is 10.3. The zero-order valence-corrected chi connectivity index (χ0v) is 19.9. The van der Waals surface area contributed by atoms with Crippen LogP contribution in [0.15, 0.2) is 78.9 Å². The fourth-order valence-corrected chi connectivity index (χ4v) is 3.01. The molecule has 0 amide bonds. The van der Waals surface area contributed by atoms with Crippen molar-refractivity contribution in [3.63, 3.8) is 0 Å². The maximum Gasteiger partial charge on any atom is 3.00 e. The van der Waals surface area contributed by atoms with Crippen molar-refractivity contribution >= 4 is 10.9 Å². The minimum atomic E-state index is 0. The number of pyridine rings is 2. The van der Waals surface area contributed by atoms with Crippen molar-refractivity contribution in [1.29, 1.82) is 0 Å². The Bertz CT molecular complexity index is 1030. The van der Waals surface area contributed by atoms with E-state index in [1.165, 1.54) is 0 Å². The Hall–Kier alpha value is -2.39. The summed E-state index contributed by atoms with van der Waals surface area (Å²) < 4.78 is 0. The molecule has 0 aliphatic heterocycles.